The second-order valence-corrected chi connectivity index (χ2v) is 3.61. The van der Waals surface area contributed by atoms with Gasteiger partial charge in [-0.15, -0.1) is 0 Å². The lowest BCUT2D eigenvalue weighted by atomic mass is 10.2. The van der Waals surface area contributed by atoms with E-state index in [-0.39, 0.29) is 17.0 Å². The highest BCUT2D eigenvalue weighted by atomic mass is 16.4. The van der Waals surface area contributed by atoms with Crippen LogP contribution in [0.4, 0.5) is 0 Å². The van der Waals surface area contributed by atoms with Gasteiger partial charge >= 0.3 is 11.7 Å². The van der Waals surface area contributed by atoms with E-state index in [0.29, 0.717) is 5.76 Å². The van der Waals surface area contributed by atoms with E-state index in [1.54, 1.807) is 19.1 Å². The Morgan fingerprint density at radius 3 is 2.71 bits per heavy atom. The van der Waals surface area contributed by atoms with Crippen LogP contribution < -0.4 is 5.69 Å². The molecule has 6 heteroatoms. The molecule has 0 spiro atoms. The Kier molecular flexibility index (Phi) is 2.55. The Bertz CT molecular complexity index is 639. The molecule has 1 N–H and O–H groups in total. The largest absolute Gasteiger partial charge is 0.478 e. The summed E-state index contributed by atoms with van der Waals surface area (Å²) in [6.07, 6.45) is 1.23. The monoisotopic (exact) mass is 234 g/mol. The van der Waals surface area contributed by atoms with Crippen LogP contribution in [0, 0.1) is 6.92 Å². The van der Waals surface area contributed by atoms with Crippen LogP contribution in [0.3, 0.4) is 0 Å². The number of nitrogens with zero attached hydrogens (tertiary/aromatic N) is 2. The van der Waals surface area contributed by atoms with E-state index in [1.165, 1.54) is 13.2 Å². The van der Waals surface area contributed by atoms with E-state index in [0.717, 1.165) is 4.57 Å². The zero-order valence-corrected chi connectivity index (χ0v) is 9.30. The zero-order valence-electron chi connectivity index (χ0n) is 9.30. The van der Waals surface area contributed by atoms with Crippen molar-refractivity contribution in [1.29, 1.82) is 0 Å². The summed E-state index contributed by atoms with van der Waals surface area (Å²) in [6.45, 7) is 1.73. The number of carbonyl (C=O) groups is 1. The third-order valence-electron chi connectivity index (χ3n) is 2.29. The Hall–Kier alpha value is -2.37. The van der Waals surface area contributed by atoms with E-state index in [4.69, 9.17) is 9.52 Å². The molecule has 0 amide bonds. The number of carboxylic acid groups (broad SMARTS) is 1. The smallest absolute Gasteiger partial charge is 0.348 e. The van der Waals surface area contributed by atoms with Crippen molar-refractivity contribution in [3.05, 3.63) is 40.1 Å². The molecule has 2 aromatic rings. The minimum atomic E-state index is -1.16. The molecular weight excluding hydrogens is 224 g/mol. The van der Waals surface area contributed by atoms with Gasteiger partial charge in [-0.25, -0.2) is 9.59 Å². The van der Waals surface area contributed by atoms with Crippen LogP contribution in [0.2, 0.25) is 0 Å². The summed E-state index contributed by atoms with van der Waals surface area (Å²) in [5.74, 6) is -0.256. The van der Waals surface area contributed by atoms with Crippen molar-refractivity contribution in [3.63, 3.8) is 0 Å². The van der Waals surface area contributed by atoms with Gasteiger partial charge in [0, 0.05) is 13.2 Å². The molecule has 0 saturated carbocycles. The summed E-state index contributed by atoms with van der Waals surface area (Å²) in [5.41, 5.74) is -0.547. The third kappa shape index (κ3) is 1.96. The molecule has 2 heterocycles. The molecular formula is C11H10N2O4. The average molecular weight is 234 g/mol. The van der Waals surface area contributed by atoms with E-state index in [1.807, 2.05) is 0 Å². The summed E-state index contributed by atoms with van der Waals surface area (Å²) in [6, 6.07) is 3.27. The van der Waals surface area contributed by atoms with Crippen LogP contribution in [0.5, 0.6) is 0 Å². The number of aromatic carboxylic acids is 1. The van der Waals surface area contributed by atoms with E-state index in [2.05, 4.69) is 4.98 Å². The van der Waals surface area contributed by atoms with Crippen LogP contribution >= 0.6 is 0 Å². The molecule has 0 bridgehead atoms. The van der Waals surface area contributed by atoms with Crippen LogP contribution in [0.1, 0.15) is 16.1 Å². The molecule has 0 fully saturated rings. The maximum Gasteiger partial charge on any atom is 0.348 e. The first-order chi connectivity index (χ1) is 7.99. The molecule has 0 saturated heterocycles. The van der Waals surface area contributed by atoms with Gasteiger partial charge in [0.15, 0.2) is 5.76 Å². The Labute approximate surface area is 96.1 Å². The first-order valence-corrected chi connectivity index (χ1v) is 4.87. The number of aromatic nitrogens is 2. The highest BCUT2D eigenvalue weighted by Crippen LogP contribution is 2.22. The molecule has 2 aromatic heterocycles. The summed E-state index contributed by atoms with van der Waals surface area (Å²) in [5, 5.41) is 9.05. The van der Waals surface area contributed by atoms with Gasteiger partial charge in [-0.3, -0.25) is 0 Å². The quantitative estimate of drug-likeness (QED) is 0.839. The summed E-state index contributed by atoms with van der Waals surface area (Å²) >= 11 is 0. The van der Waals surface area contributed by atoms with Gasteiger partial charge in [-0.05, 0) is 19.1 Å². The average Bonchev–Trinajstić information content (AvgIpc) is 2.68. The lowest BCUT2D eigenvalue weighted by Crippen LogP contribution is -2.22. The molecule has 0 atom stereocenters. The van der Waals surface area contributed by atoms with E-state index < -0.39 is 11.7 Å². The van der Waals surface area contributed by atoms with Gasteiger partial charge in [-0.2, -0.15) is 4.98 Å². The fourth-order valence-electron chi connectivity index (χ4n) is 1.45. The van der Waals surface area contributed by atoms with Gasteiger partial charge in [-0.1, -0.05) is 0 Å². The van der Waals surface area contributed by atoms with Crippen LogP contribution in [0.15, 0.2) is 27.5 Å². The predicted molar refractivity (Wildman–Crippen MR) is 58.9 cm³/mol. The van der Waals surface area contributed by atoms with Crippen LogP contribution in [0.25, 0.3) is 11.5 Å². The highest BCUT2D eigenvalue weighted by molar-refractivity contribution is 5.93. The molecule has 17 heavy (non-hydrogen) atoms. The van der Waals surface area contributed by atoms with Crippen molar-refractivity contribution in [1.82, 2.24) is 9.55 Å². The Morgan fingerprint density at radius 2 is 2.18 bits per heavy atom. The molecule has 0 unspecified atom stereocenters. The number of furan rings is 1. The molecule has 0 aromatic carbocycles. The number of aryl methyl sites for hydroxylation is 2. The number of hydrogen-bond donors (Lipinski definition) is 1. The standard InChI is InChI=1S/C11H10N2O4/c1-6-3-4-8(17-6)9-7(10(14)15)5-13(2)11(16)12-9/h3-5H,1-2H3,(H,14,15). The number of hydrogen-bond acceptors (Lipinski definition) is 4. The minimum Gasteiger partial charge on any atom is -0.478 e. The minimum absolute atomic E-state index is 0.0497. The van der Waals surface area contributed by atoms with Crippen LogP contribution in [-0.2, 0) is 7.05 Å². The summed E-state index contributed by atoms with van der Waals surface area (Å²) < 4.78 is 6.40. The summed E-state index contributed by atoms with van der Waals surface area (Å²) in [4.78, 5) is 26.2. The second-order valence-electron chi connectivity index (χ2n) is 3.61. The molecule has 0 aliphatic heterocycles. The van der Waals surface area contributed by atoms with Gasteiger partial charge in [0.25, 0.3) is 0 Å². The number of carboxylic acids is 1. The predicted octanol–water partition coefficient (Wildman–Crippen LogP) is 1.05. The fraction of sp³-hybridized carbons (Fsp3) is 0.182. The maximum atomic E-state index is 11.4. The summed E-state index contributed by atoms with van der Waals surface area (Å²) in [7, 11) is 1.44. The maximum absolute atomic E-state index is 11.4. The lowest BCUT2D eigenvalue weighted by molar-refractivity contribution is 0.0696. The molecule has 0 radical (unpaired) electrons. The van der Waals surface area contributed by atoms with Crippen LogP contribution in [-0.4, -0.2) is 20.6 Å². The molecule has 2 rings (SSSR count). The molecule has 6 nitrogen and oxygen atoms in total. The van der Waals surface area contributed by atoms with Gasteiger partial charge in [0.1, 0.15) is 17.0 Å². The topological polar surface area (TPSA) is 85.3 Å². The zero-order chi connectivity index (χ0) is 12.6. The van der Waals surface area contributed by atoms with E-state index >= 15 is 0 Å². The Morgan fingerprint density at radius 1 is 1.47 bits per heavy atom. The van der Waals surface area contributed by atoms with Gasteiger partial charge in [0.2, 0.25) is 0 Å². The van der Waals surface area contributed by atoms with Gasteiger partial charge < -0.3 is 14.1 Å². The van der Waals surface area contributed by atoms with Gasteiger partial charge in [0.05, 0.1) is 0 Å². The van der Waals surface area contributed by atoms with Crippen molar-refractivity contribution in [2.24, 2.45) is 7.05 Å². The van der Waals surface area contributed by atoms with Crippen molar-refractivity contribution in [2.45, 2.75) is 6.92 Å². The van der Waals surface area contributed by atoms with Crippen molar-refractivity contribution >= 4 is 5.97 Å². The van der Waals surface area contributed by atoms with E-state index in [9.17, 15) is 9.59 Å². The fourth-order valence-corrected chi connectivity index (χ4v) is 1.45. The highest BCUT2D eigenvalue weighted by Gasteiger charge is 2.17. The second kappa shape index (κ2) is 3.89. The van der Waals surface area contributed by atoms with Crippen molar-refractivity contribution in [2.75, 3.05) is 0 Å². The molecule has 0 aliphatic carbocycles. The first-order valence-electron chi connectivity index (χ1n) is 4.87. The normalized spacial score (nSPS) is 10.5. The number of rotatable bonds is 2. The molecule has 88 valence electrons. The SMILES string of the molecule is Cc1ccc(-c2nc(=O)n(C)cc2C(=O)O)o1. The Balaban J connectivity index is 2.71. The first kappa shape index (κ1) is 11.1. The van der Waals surface area contributed by atoms with Crippen molar-refractivity contribution < 1.29 is 14.3 Å². The molecule has 0 aliphatic rings. The lowest BCUT2D eigenvalue weighted by Gasteiger charge is -2.03. The van der Waals surface area contributed by atoms with Crippen molar-refractivity contribution in [3.8, 4) is 11.5 Å². The third-order valence-corrected chi connectivity index (χ3v) is 2.29.